The molecule has 0 saturated heterocycles. The van der Waals surface area contributed by atoms with E-state index in [1.54, 1.807) is 0 Å². The summed E-state index contributed by atoms with van der Waals surface area (Å²) in [5, 5.41) is 8.40. The number of hydrogen-bond acceptors (Lipinski definition) is 1. The van der Waals surface area contributed by atoms with E-state index in [0.29, 0.717) is 0 Å². The summed E-state index contributed by atoms with van der Waals surface area (Å²) >= 11 is 0. The lowest BCUT2D eigenvalue weighted by Gasteiger charge is -2.15. The molecule has 4 heteroatoms. The van der Waals surface area contributed by atoms with Crippen LogP contribution in [0.1, 0.15) is 0 Å². The zero-order chi connectivity index (χ0) is 28.1. The van der Waals surface area contributed by atoms with Crippen molar-refractivity contribution in [3.63, 3.8) is 0 Å². The van der Waals surface area contributed by atoms with E-state index >= 15 is 0 Å². The Labute approximate surface area is 245 Å². The van der Waals surface area contributed by atoms with Crippen molar-refractivity contribution in [3.05, 3.63) is 133 Å². The number of rotatable bonds is 2. The Morgan fingerprint density at radius 1 is 0.442 bits per heavy atom. The second-order valence-electron chi connectivity index (χ2n) is 11.4. The van der Waals surface area contributed by atoms with Crippen molar-refractivity contribution in [1.82, 2.24) is 19.5 Å². The number of aromatic amines is 2. The SMILES string of the molecule is c1ccc(-c2cc3ccccc3nc2-n2c3cc4c(cc3c3cc5[nH]c6ccccc6c5cc32)[nH]c2ccccc24)cc1. The van der Waals surface area contributed by atoms with Gasteiger partial charge in [-0.2, -0.15) is 0 Å². The molecule has 4 aromatic heterocycles. The number of fused-ring (bicyclic) bond motifs is 10. The summed E-state index contributed by atoms with van der Waals surface area (Å²) in [6, 6.07) is 47.8. The summed E-state index contributed by atoms with van der Waals surface area (Å²) in [6.45, 7) is 0. The fraction of sp³-hybridized carbons (Fsp3) is 0. The van der Waals surface area contributed by atoms with Gasteiger partial charge < -0.3 is 9.97 Å². The number of benzene rings is 6. The second kappa shape index (κ2) is 8.34. The zero-order valence-electron chi connectivity index (χ0n) is 23.1. The molecule has 4 nitrogen and oxygen atoms in total. The molecule has 0 unspecified atom stereocenters. The van der Waals surface area contributed by atoms with E-state index in [1.807, 2.05) is 0 Å². The Hall–Kier alpha value is -5.87. The van der Waals surface area contributed by atoms with Gasteiger partial charge in [0.2, 0.25) is 0 Å². The maximum atomic E-state index is 5.40. The molecule has 200 valence electrons. The Morgan fingerprint density at radius 3 is 1.65 bits per heavy atom. The molecule has 0 bridgehead atoms. The first-order valence-electron chi connectivity index (χ1n) is 14.6. The predicted molar refractivity (Wildman–Crippen MR) is 180 cm³/mol. The average Bonchev–Trinajstić information content (AvgIpc) is 3.71. The third kappa shape index (κ3) is 3.18. The van der Waals surface area contributed by atoms with Gasteiger partial charge in [0, 0.05) is 65.3 Å². The molecule has 6 aromatic carbocycles. The van der Waals surface area contributed by atoms with Crippen LogP contribution in [0, 0.1) is 0 Å². The third-order valence-electron chi connectivity index (χ3n) is 9.02. The maximum absolute atomic E-state index is 5.40. The van der Waals surface area contributed by atoms with Crippen LogP contribution >= 0.6 is 0 Å². The summed E-state index contributed by atoms with van der Waals surface area (Å²) in [7, 11) is 0. The summed E-state index contributed by atoms with van der Waals surface area (Å²) in [6.07, 6.45) is 0. The minimum absolute atomic E-state index is 0.934. The van der Waals surface area contributed by atoms with Crippen molar-refractivity contribution in [2.45, 2.75) is 0 Å². The molecular weight excluding hydrogens is 524 g/mol. The Morgan fingerprint density at radius 2 is 1.00 bits per heavy atom. The van der Waals surface area contributed by atoms with Gasteiger partial charge in [0.25, 0.3) is 0 Å². The van der Waals surface area contributed by atoms with E-state index < -0.39 is 0 Å². The molecule has 0 aliphatic rings. The molecule has 0 aliphatic carbocycles. The van der Waals surface area contributed by atoms with E-state index in [1.165, 1.54) is 32.3 Å². The maximum Gasteiger partial charge on any atom is 0.146 e. The van der Waals surface area contributed by atoms with Gasteiger partial charge in [-0.05, 0) is 54.1 Å². The van der Waals surface area contributed by atoms with E-state index in [4.69, 9.17) is 4.98 Å². The molecular formula is C39H24N4. The Bertz CT molecular complexity index is 2600. The summed E-state index contributed by atoms with van der Waals surface area (Å²) in [5.41, 5.74) is 10.1. The lowest BCUT2D eigenvalue weighted by Crippen LogP contribution is -2.01. The molecule has 0 fully saturated rings. The van der Waals surface area contributed by atoms with Crippen molar-refractivity contribution < 1.29 is 0 Å². The summed E-state index contributed by atoms with van der Waals surface area (Å²) in [4.78, 5) is 12.7. The van der Waals surface area contributed by atoms with E-state index in [2.05, 4.69) is 148 Å². The highest BCUT2D eigenvalue weighted by Gasteiger charge is 2.21. The zero-order valence-corrected chi connectivity index (χ0v) is 23.1. The Kier molecular flexibility index (Phi) is 4.42. The van der Waals surface area contributed by atoms with Crippen molar-refractivity contribution >= 4 is 76.3 Å². The lowest BCUT2D eigenvalue weighted by molar-refractivity contribution is 1.11. The van der Waals surface area contributed by atoms with Crippen LogP contribution in [0.15, 0.2) is 133 Å². The van der Waals surface area contributed by atoms with Crippen LogP contribution in [0.25, 0.3) is 93.3 Å². The molecule has 43 heavy (non-hydrogen) atoms. The van der Waals surface area contributed by atoms with Crippen LogP contribution in [-0.4, -0.2) is 19.5 Å². The number of para-hydroxylation sites is 3. The number of nitrogens with one attached hydrogen (secondary N) is 2. The van der Waals surface area contributed by atoms with Crippen molar-refractivity contribution in [3.8, 4) is 16.9 Å². The largest absolute Gasteiger partial charge is 0.354 e. The summed E-state index contributed by atoms with van der Waals surface area (Å²) in [5.74, 6) is 0.934. The summed E-state index contributed by atoms with van der Waals surface area (Å²) < 4.78 is 2.39. The standard InChI is InChI=1S/C39H24N4/c1-2-10-23(11-3-1)27-18-24-12-4-7-15-32(24)42-39(27)43-37-21-28-25-13-5-8-16-33(25)40-35(28)19-30(37)31-20-36-29(22-38(31)43)26-14-6-9-17-34(26)41-36/h1-22,40-41H. The third-order valence-corrected chi connectivity index (χ3v) is 9.02. The molecule has 10 rings (SSSR count). The van der Waals surface area contributed by atoms with Crippen LogP contribution in [0.3, 0.4) is 0 Å². The first-order chi connectivity index (χ1) is 21.3. The molecule has 0 saturated carbocycles. The van der Waals surface area contributed by atoms with Gasteiger partial charge in [0.15, 0.2) is 0 Å². The number of nitrogens with zero attached hydrogens (tertiary/aromatic N) is 2. The average molecular weight is 549 g/mol. The van der Waals surface area contributed by atoms with Gasteiger partial charge in [-0.1, -0.05) is 84.9 Å². The van der Waals surface area contributed by atoms with Gasteiger partial charge in [-0.15, -0.1) is 0 Å². The smallest absolute Gasteiger partial charge is 0.146 e. The van der Waals surface area contributed by atoms with Crippen molar-refractivity contribution in [2.75, 3.05) is 0 Å². The van der Waals surface area contributed by atoms with Crippen LogP contribution in [0.5, 0.6) is 0 Å². The van der Waals surface area contributed by atoms with Gasteiger partial charge in [0.1, 0.15) is 5.82 Å². The second-order valence-corrected chi connectivity index (χ2v) is 11.4. The molecule has 2 N–H and O–H groups in total. The monoisotopic (exact) mass is 548 g/mol. The van der Waals surface area contributed by atoms with E-state index in [9.17, 15) is 0 Å². The quantitative estimate of drug-likeness (QED) is 0.222. The molecule has 0 spiro atoms. The lowest BCUT2D eigenvalue weighted by atomic mass is 10.0. The Balaban J connectivity index is 1.43. The van der Waals surface area contributed by atoms with Crippen LogP contribution in [-0.2, 0) is 0 Å². The first-order valence-corrected chi connectivity index (χ1v) is 14.6. The molecule has 0 amide bonds. The van der Waals surface area contributed by atoms with Gasteiger partial charge in [-0.3, -0.25) is 4.57 Å². The van der Waals surface area contributed by atoms with Crippen molar-refractivity contribution in [2.24, 2.45) is 0 Å². The minimum Gasteiger partial charge on any atom is -0.354 e. The van der Waals surface area contributed by atoms with Gasteiger partial charge >= 0.3 is 0 Å². The van der Waals surface area contributed by atoms with Crippen LogP contribution in [0.2, 0.25) is 0 Å². The number of H-pyrrole nitrogens is 2. The molecule has 0 radical (unpaired) electrons. The fourth-order valence-corrected chi connectivity index (χ4v) is 7.04. The van der Waals surface area contributed by atoms with E-state index in [-0.39, 0.29) is 0 Å². The molecule has 0 aliphatic heterocycles. The van der Waals surface area contributed by atoms with Crippen LogP contribution in [0.4, 0.5) is 0 Å². The van der Waals surface area contributed by atoms with Gasteiger partial charge in [-0.25, -0.2) is 4.98 Å². The highest BCUT2D eigenvalue weighted by atomic mass is 15.1. The highest BCUT2D eigenvalue weighted by Crippen LogP contribution is 2.41. The molecule has 0 atom stereocenters. The first kappa shape index (κ1) is 22.8. The molecule has 4 heterocycles. The fourth-order valence-electron chi connectivity index (χ4n) is 7.04. The van der Waals surface area contributed by atoms with Gasteiger partial charge in [0.05, 0.1) is 16.6 Å². The number of hydrogen-bond donors (Lipinski definition) is 2. The molecule has 10 aromatic rings. The predicted octanol–water partition coefficient (Wildman–Crippen LogP) is 10.3. The number of pyridine rings is 1. The number of aromatic nitrogens is 4. The topological polar surface area (TPSA) is 49.4 Å². The van der Waals surface area contributed by atoms with Crippen molar-refractivity contribution in [1.29, 1.82) is 0 Å². The van der Waals surface area contributed by atoms with Crippen LogP contribution < -0.4 is 0 Å². The minimum atomic E-state index is 0.934. The van der Waals surface area contributed by atoms with E-state index in [0.717, 1.165) is 60.9 Å². The highest BCUT2D eigenvalue weighted by molar-refractivity contribution is 6.22. The normalized spacial score (nSPS) is 12.2.